The van der Waals surface area contributed by atoms with Gasteiger partial charge in [-0.05, 0) is 19.4 Å². The highest BCUT2D eigenvalue weighted by molar-refractivity contribution is 5.80. The molecule has 1 atom stereocenters. The molecule has 21 heavy (non-hydrogen) atoms. The molecule has 1 aromatic carbocycles. The van der Waals surface area contributed by atoms with Gasteiger partial charge in [0, 0.05) is 12.0 Å². The predicted molar refractivity (Wildman–Crippen MR) is 73.2 cm³/mol. The number of halogens is 1. The van der Waals surface area contributed by atoms with Gasteiger partial charge in [0.1, 0.15) is 5.82 Å². The lowest BCUT2D eigenvalue weighted by Crippen LogP contribution is -2.19. The van der Waals surface area contributed by atoms with Crippen LogP contribution in [0.2, 0.25) is 0 Å². The van der Waals surface area contributed by atoms with Crippen molar-refractivity contribution >= 4 is 5.97 Å². The molecule has 0 N–H and O–H groups in total. The van der Waals surface area contributed by atoms with Gasteiger partial charge in [-0.25, -0.2) is 4.39 Å². The number of hydrogen-bond donors (Lipinski definition) is 0. The van der Waals surface area contributed by atoms with E-state index in [-0.39, 0.29) is 18.1 Å². The second-order valence-electron chi connectivity index (χ2n) is 4.51. The minimum atomic E-state index is -1.04. The van der Waals surface area contributed by atoms with Crippen molar-refractivity contribution in [1.29, 1.82) is 0 Å². The van der Waals surface area contributed by atoms with E-state index in [2.05, 4.69) is 10.1 Å². The van der Waals surface area contributed by atoms with E-state index >= 15 is 0 Å². The highest BCUT2D eigenvalue weighted by atomic mass is 19.1. The van der Waals surface area contributed by atoms with Crippen LogP contribution in [0.5, 0.6) is 0 Å². The average molecular weight is 292 g/mol. The summed E-state index contributed by atoms with van der Waals surface area (Å²) in [4.78, 5) is 16.3. The Morgan fingerprint density at radius 3 is 2.81 bits per heavy atom. The van der Waals surface area contributed by atoms with Crippen molar-refractivity contribution < 1.29 is 18.4 Å². The molecule has 1 unspecified atom stereocenters. The monoisotopic (exact) mass is 292 g/mol. The second-order valence-corrected chi connectivity index (χ2v) is 4.51. The molecule has 0 radical (unpaired) electrons. The van der Waals surface area contributed by atoms with Gasteiger partial charge in [-0.2, -0.15) is 4.98 Å². The third-order valence-electron chi connectivity index (χ3n) is 2.94. The zero-order valence-electron chi connectivity index (χ0n) is 12.0. The summed E-state index contributed by atoms with van der Waals surface area (Å²) >= 11 is 0. The number of benzene rings is 1. The van der Waals surface area contributed by atoms with E-state index in [0.717, 1.165) is 6.42 Å². The molecule has 0 saturated heterocycles. The Morgan fingerprint density at radius 2 is 2.14 bits per heavy atom. The van der Waals surface area contributed by atoms with Crippen LogP contribution in [0.25, 0.3) is 0 Å². The third-order valence-corrected chi connectivity index (χ3v) is 2.94. The van der Waals surface area contributed by atoms with E-state index in [4.69, 9.17) is 9.26 Å². The van der Waals surface area contributed by atoms with Crippen LogP contribution in [-0.2, 0) is 16.0 Å². The Balaban J connectivity index is 2.40. The van der Waals surface area contributed by atoms with Gasteiger partial charge in [-0.3, -0.25) is 4.79 Å². The summed E-state index contributed by atoms with van der Waals surface area (Å²) in [5.74, 6) is -1.59. The molecule has 0 aliphatic rings. The number of carbonyl (C=O) groups excluding carboxylic acids is 1. The molecule has 0 fully saturated rings. The maximum atomic E-state index is 14.0. The fourth-order valence-corrected chi connectivity index (χ4v) is 2.01. The van der Waals surface area contributed by atoms with E-state index in [1.807, 2.05) is 6.92 Å². The van der Waals surface area contributed by atoms with Crippen LogP contribution in [0, 0.1) is 5.82 Å². The van der Waals surface area contributed by atoms with Crippen molar-refractivity contribution in [1.82, 2.24) is 10.1 Å². The highest BCUT2D eigenvalue weighted by Crippen LogP contribution is 2.27. The van der Waals surface area contributed by atoms with Crippen LogP contribution >= 0.6 is 0 Å². The minimum absolute atomic E-state index is 0.0574. The van der Waals surface area contributed by atoms with E-state index in [9.17, 15) is 9.18 Å². The number of nitrogens with zero attached hydrogens (tertiary/aromatic N) is 2. The summed E-state index contributed by atoms with van der Waals surface area (Å²) in [6.45, 7) is 3.86. The first-order valence-corrected chi connectivity index (χ1v) is 6.90. The quantitative estimate of drug-likeness (QED) is 0.766. The minimum Gasteiger partial charge on any atom is -0.465 e. The SMILES string of the molecule is CCCc1noc(C(C(=O)OCC)c2ccccc2F)n1. The zero-order valence-corrected chi connectivity index (χ0v) is 12.0. The lowest BCUT2D eigenvalue weighted by atomic mass is 9.98. The van der Waals surface area contributed by atoms with Gasteiger partial charge in [0.15, 0.2) is 11.7 Å². The summed E-state index contributed by atoms with van der Waals surface area (Å²) in [6, 6.07) is 6.00. The van der Waals surface area contributed by atoms with Crippen molar-refractivity contribution in [2.75, 3.05) is 6.61 Å². The molecule has 1 heterocycles. The molecule has 6 heteroatoms. The Kier molecular flexibility index (Phi) is 5.03. The number of esters is 1. The molecule has 0 spiro atoms. The molecule has 112 valence electrons. The molecule has 1 aromatic heterocycles. The van der Waals surface area contributed by atoms with Crippen LogP contribution in [0.1, 0.15) is 43.5 Å². The van der Waals surface area contributed by atoms with Gasteiger partial charge in [0.2, 0.25) is 5.89 Å². The van der Waals surface area contributed by atoms with E-state index in [1.54, 1.807) is 19.1 Å². The molecule has 0 bridgehead atoms. The summed E-state index contributed by atoms with van der Waals surface area (Å²) in [6.07, 6.45) is 1.49. The van der Waals surface area contributed by atoms with E-state index < -0.39 is 17.7 Å². The molecule has 0 aliphatic carbocycles. The molecule has 5 nitrogen and oxygen atoms in total. The summed E-state index contributed by atoms with van der Waals surface area (Å²) in [7, 11) is 0. The largest absolute Gasteiger partial charge is 0.465 e. The Labute approximate surface area is 122 Å². The molecule has 0 aliphatic heterocycles. The fraction of sp³-hybridized carbons (Fsp3) is 0.400. The van der Waals surface area contributed by atoms with Gasteiger partial charge < -0.3 is 9.26 Å². The van der Waals surface area contributed by atoms with Gasteiger partial charge in [-0.1, -0.05) is 30.3 Å². The molecular formula is C15H17FN2O3. The molecular weight excluding hydrogens is 275 g/mol. The Bertz CT molecular complexity index is 612. The van der Waals surface area contributed by atoms with Crippen molar-refractivity contribution in [2.24, 2.45) is 0 Å². The number of hydrogen-bond acceptors (Lipinski definition) is 5. The molecule has 0 amide bonds. The predicted octanol–water partition coefficient (Wildman–Crippen LogP) is 2.86. The second kappa shape index (κ2) is 6.97. The smallest absolute Gasteiger partial charge is 0.323 e. The first-order chi connectivity index (χ1) is 10.2. The maximum absolute atomic E-state index is 14.0. The maximum Gasteiger partial charge on any atom is 0.323 e. The van der Waals surface area contributed by atoms with Crippen molar-refractivity contribution in [3.8, 4) is 0 Å². The topological polar surface area (TPSA) is 65.2 Å². The van der Waals surface area contributed by atoms with Crippen molar-refractivity contribution in [2.45, 2.75) is 32.6 Å². The number of aryl methyl sites for hydroxylation is 1. The van der Waals surface area contributed by atoms with Crippen LogP contribution in [-0.4, -0.2) is 22.7 Å². The van der Waals surface area contributed by atoms with Crippen LogP contribution in [0.3, 0.4) is 0 Å². The number of aromatic nitrogens is 2. The Hall–Kier alpha value is -2.24. The number of carbonyl (C=O) groups is 1. The Morgan fingerprint density at radius 1 is 1.38 bits per heavy atom. The summed E-state index contributed by atoms with van der Waals surface area (Å²) in [5, 5.41) is 3.81. The number of rotatable bonds is 6. The fourth-order valence-electron chi connectivity index (χ4n) is 2.01. The average Bonchev–Trinajstić information content (AvgIpc) is 2.90. The highest BCUT2D eigenvalue weighted by Gasteiger charge is 2.32. The third kappa shape index (κ3) is 3.45. The molecule has 2 rings (SSSR count). The van der Waals surface area contributed by atoms with Gasteiger partial charge in [0.05, 0.1) is 6.61 Å². The lowest BCUT2D eigenvalue weighted by Gasteiger charge is -2.12. The standard InChI is InChI=1S/C15H17FN2O3/c1-3-7-12-17-14(21-18-12)13(15(19)20-4-2)10-8-5-6-9-11(10)16/h5-6,8-9,13H,3-4,7H2,1-2H3. The van der Waals surface area contributed by atoms with Gasteiger partial charge in [0.25, 0.3) is 0 Å². The van der Waals surface area contributed by atoms with Crippen molar-refractivity contribution in [3.63, 3.8) is 0 Å². The van der Waals surface area contributed by atoms with Crippen LogP contribution in [0.4, 0.5) is 4.39 Å². The normalized spacial score (nSPS) is 12.1. The first kappa shape index (κ1) is 15.2. The first-order valence-electron chi connectivity index (χ1n) is 6.90. The van der Waals surface area contributed by atoms with Crippen LogP contribution < -0.4 is 0 Å². The van der Waals surface area contributed by atoms with E-state index in [1.165, 1.54) is 12.1 Å². The van der Waals surface area contributed by atoms with E-state index in [0.29, 0.717) is 12.2 Å². The van der Waals surface area contributed by atoms with Gasteiger partial charge in [-0.15, -0.1) is 0 Å². The molecule has 0 saturated carbocycles. The summed E-state index contributed by atoms with van der Waals surface area (Å²) < 4.78 is 24.1. The van der Waals surface area contributed by atoms with Gasteiger partial charge >= 0.3 is 5.97 Å². The lowest BCUT2D eigenvalue weighted by molar-refractivity contribution is -0.144. The number of ether oxygens (including phenoxy) is 1. The zero-order chi connectivity index (χ0) is 15.2. The summed E-state index contributed by atoms with van der Waals surface area (Å²) in [5.41, 5.74) is 0.169. The molecule has 2 aromatic rings. The van der Waals surface area contributed by atoms with Crippen LogP contribution in [0.15, 0.2) is 28.8 Å². The van der Waals surface area contributed by atoms with Crippen molar-refractivity contribution in [3.05, 3.63) is 47.4 Å².